The minimum atomic E-state index is -0.130. The van der Waals surface area contributed by atoms with E-state index in [1.165, 1.54) is 12.8 Å². The monoisotopic (exact) mass is 310 g/mol. The fraction of sp³-hybridized carbons (Fsp3) is 0.389. The molecule has 2 heterocycles. The number of aromatic nitrogens is 2. The van der Waals surface area contributed by atoms with Gasteiger partial charge in [-0.3, -0.25) is 4.79 Å². The van der Waals surface area contributed by atoms with E-state index in [1.807, 2.05) is 37.3 Å². The number of carbonyl (C=O) groups excluding carboxylic acids is 1. The van der Waals surface area contributed by atoms with E-state index in [1.54, 1.807) is 6.20 Å². The van der Waals surface area contributed by atoms with Crippen LogP contribution < -0.4 is 10.6 Å². The minimum Gasteiger partial charge on any atom is -0.348 e. The van der Waals surface area contributed by atoms with Crippen LogP contribution in [0.1, 0.15) is 52.7 Å². The van der Waals surface area contributed by atoms with Gasteiger partial charge in [0, 0.05) is 12.7 Å². The third-order valence-electron chi connectivity index (χ3n) is 4.16. The fourth-order valence-corrected chi connectivity index (χ4v) is 2.82. The first-order chi connectivity index (χ1) is 11.2. The van der Waals surface area contributed by atoms with Crippen LogP contribution in [0.25, 0.3) is 0 Å². The van der Waals surface area contributed by atoms with Gasteiger partial charge in [0.05, 0.1) is 17.3 Å². The summed E-state index contributed by atoms with van der Waals surface area (Å²) in [7, 11) is 0. The van der Waals surface area contributed by atoms with Crippen LogP contribution in [-0.2, 0) is 6.54 Å². The number of hydrogen-bond acceptors (Lipinski definition) is 4. The van der Waals surface area contributed by atoms with E-state index in [0.29, 0.717) is 12.1 Å². The highest BCUT2D eigenvalue weighted by Crippen LogP contribution is 2.20. The second-order valence-electron chi connectivity index (χ2n) is 5.90. The van der Waals surface area contributed by atoms with E-state index in [2.05, 4.69) is 20.6 Å². The molecule has 0 unspecified atom stereocenters. The van der Waals surface area contributed by atoms with Crippen LogP contribution in [0.5, 0.6) is 0 Å². The van der Waals surface area contributed by atoms with Gasteiger partial charge in [-0.25, -0.2) is 9.97 Å². The Morgan fingerprint density at radius 1 is 1.30 bits per heavy atom. The number of benzene rings is 1. The number of carbonyl (C=O) groups is 1. The molecule has 0 radical (unpaired) electrons. The highest BCUT2D eigenvalue weighted by atomic mass is 16.1. The van der Waals surface area contributed by atoms with Crippen LogP contribution in [0.15, 0.2) is 36.5 Å². The molecule has 0 saturated carbocycles. The van der Waals surface area contributed by atoms with Gasteiger partial charge in [0.2, 0.25) is 0 Å². The molecule has 2 N–H and O–H groups in total. The summed E-state index contributed by atoms with van der Waals surface area (Å²) in [4.78, 5) is 21.3. The molecule has 1 aliphatic rings. The standard InChI is InChI=1S/C18H22N4O/c1-13-15(18(23)21-11-14-7-3-2-4-8-14)12-20-17(22-13)16-9-5-6-10-19-16/h2-4,7-8,12,16,19H,5-6,9-11H2,1H3,(H,21,23)/t16-/m1/s1. The SMILES string of the molecule is Cc1nc([C@H]2CCCCN2)ncc1C(=O)NCc1ccccc1. The molecule has 1 saturated heterocycles. The van der Waals surface area contributed by atoms with Gasteiger partial charge >= 0.3 is 0 Å². The Balaban J connectivity index is 1.66. The predicted molar refractivity (Wildman–Crippen MR) is 89.0 cm³/mol. The van der Waals surface area contributed by atoms with Gasteiger partial charge in [-0.05, 0) is 31.9 Å². The van der Waals surface area contributed by atoms with Crippen molar-refractivity contribution in [3.05, 3.63) is 59.2 Å². The molecule has 1 aromatic heterocycles. The molecule has 120 valence electrons. The molecular weight excluding hydrogens is 288 g/mol. The van der Waals surface area contributed by atoms with Crippen molar-refractivity contribution in [2.75, 3.05) is 6.54 Å². The first-order valence-electron chi connectivity index (χ1n) is 8.13. The van der Waals surface area contributed by atoms with E-state index < -0.39 is 0 Å². The summed E-state index contributed by atoms with van der Waals surface area (Å²) in [6.45, 7) is 3.38. The fourth-order valence-electron chi connectivity index (χ4n) is 2.82. The number of nitrogens with zero attached hydrogens (tertiary/aromatic N) is 2. The molecule has 2 aromatic rings. The van der Waals surface area contributed by atoms with E-state index in [9.17, 15) is 4.79 Å². The highest BCUT2D eigenvalue weighted by Gasteiger charge is 2.19. The van der Waals surface area contributed by atoms with E-state index in [0.717, 1.165) is 30.0 Å². The van der Waals surface area contributed by atoms with Gasteiger partial charge in [0.1, 0.15) is 5.82 Å². The second-order valence-corrected chi connectivity index (χ2v) is 5.90. The first kappa shape index (κ1) is 15.6. The van der Waals surface area contributed by atoms with Crippen molar-refractivity contribution in [3.63, 3.8) is 0 Å². The normalized spacial score (nSPS) is 17.7. The Labute approximate surface area is 136 Å². The molecule has 1 amide bonds. The van der Waals surface area contributed by atoms with E-state index in [-0.39, 0.29) is 11.9 Å². The lowest BCUT2D eigenvalue weighted by atomic mass is 10.0. The van der Waals surface area contributed by atoms with Crippen molar-refractivity contribution in [2.24, 2.45) is 0 Å². The summed E-state index contributed by atoms with van der Waals surface area (Å²) in [6.07, 6.45) is 5.10. The predicted octanol–water partition coefficient (Wildman–Crippen LogP) is 2.53. The maximum Gasteiger partial charge on any atom is 0.254 e. The topological polar surface area (TPSA) is 66.9 Å². The maximum atomic E-state index is 12.3. The van der Waals surface area contributed by atoms with Gasteiger partial charge < -0.3 is 10.6 Å². The lowest BCUT2D eigenvalue weighted by Gasteiger charge is -2.22. The number of amides is 1. The first-order valence-corrected chi connectivity index (χ1v) is 8.13. The third kappa shape index (κ3) is 3.93. The number of rotatable bonds is 4. The zero-order chi connectivity index (χ0) is 16.1. The van der Waals surface area contributed by atoms with Gasteiger partial charge in [0.15, 0.2) is 0 Å². The average molecular weight is 310 g/mol. The zero-order valence-electron chi connectivity index (χ0n) is 13.4. The quantitative estimate of drug-likeness (QED) is 0.910. The van der Waals surface area contributed by atoms with E-state index in [4.69, 9.17) is 0 Å². The van der Waals surface area contributed by atoms with Crippen molar-refractivity contribution in [1.82, 2.24) is 20.6 Å². The Kier molecular flexibility index (Phi) is 4.98. The molecular formula is C18H22N4O. The van der Waals surface area contributed by atoms with Crippen molar-refractivity contribution in [3.8, 4) is 0 Å². The van der Waals surface area contributed by atoms with Crippen LogP contribution in [-0.4, -0.2) is 22.4 Å². The Bertz CT molecular complexity index is 666. The molecule has 1 aliphatic heterocycles. The van der Waals surface area contributed by atoms with Crippen LogP contribution >= 0.6 is 0 Å². The lowest BCUT2D eigenvalue weighted by Crippen LogP contribution is -2.29. The zero-order valence-corrected chi connectivity index (χ0v) is 13.4. The van der Waals surface area contributed by atoms with Crippen LogP contribution in [0.4, 0.5) is 0 Å². The number of nitrogens with one attached hydrogen (secondary N) is 2. The summed E-state index contributed by atoms with van der Waals surface area (Å²) in [6, 6.07) is 10.1. The van der Waals surface area contributed by atoms with Gasteiger partial charge in [0.25, 0.3) is 5.91 Å². The molecule has 5 heteroatoms. The summed E-state index contributed by atoms with van der Waals surface area (Å²) < 4.78 is 0. The Morgan fingerprint density at radius 3 is 2.83 bits per heavy atom. The summed E-state index contributed by atoms with van der Waals surface area (Å²) in [5.41, 5.74) is 2.34. The molecule has 23 heavy (non-hydrogen) atoms. The summed E-state index contributed by atoms with van der Waals surface area (Å²) in [5, 5.41) is 6.35. The molecule has 0 spiro atoms. The van der Waals surface area contributed by atoms with Crippen LogP contribution in [0.3, 0.4) is 0 Å². The number of hydrogen-bond donors (Lipinski definition) is 2. The summed E-state index contributed by atoms with van der Waals surface area (Å²) >= 11 is 0. The lowest BCUT2D eigenvalue weighted by molar-refractivity contribution is 0.0949. The van der Waals surface area contributed by atoms with Gasteiger partial charge in [-0.15, -0.1) is 0 Å². The Hall–Kier alpha value is -2.27. The Morgan fingerprint density at radius 2 is 2.13 bits per heavy atom. The third-order valence-corrected chi connectivity index (χ3v) is 4.16. The van der Waals surface area contributed by atoms with Crippen molar-refractivity contribution in [1.29, 1.82) is 0 Å². The van der Waals surface area contributed by atoms with Crippen LogP contribution in [0.2, 0.25) is 0 Å². The number of piperidine rings is 1. The van der Waals surface area contributed by atoms with Gasteiger partial charge in [-0.2, -0.15) is 0 Å². The average Bonchev–Trinajstić information content (AvgIpc) is 2.61. The molecule has 3 rings (SSSR count). The maximum absolute atomic E-state index is 12.3. The molecule has 1 atom stereocenters. The minimum absolute atomic E-state index is 0.130. The van der Waals surface area contributed by atoms with Crippen molar-refractivity contribution >= 4 is 5.91 Å². The molecule has 0 aliphatic carbocycles. The smallest absolute Gasteiger partial charge is 0.254 e. The molecule has 1 aromatic carbocycles. The molecule has 0 bridgehead atoms. The van der Waals surface area contributed by atoms with Gasteiger partial charge in [-0.1, -0.05) is 36.8 Å². The second kappa shape index (κ2) is 7.33. The number of aryl methyl sites for hydroxylation is 1. The van der Waals surface area contributed by atoms with Crippen molar-refractivity contribution in [2.45, 2.75) is 38.8 Å². The highest BCUT2D eigenvalue weighted by molar-refractivity contribution is 5.94. The molecule has 5 nitrogen and oxygen atoms in total. The molecule has 1 fully saturated rings. The summed E-state index contributed by atoms with van der Waals surface area (Å²) in [5.74, 6) is 0.663. The van der Waals surface area contributed by atoms with Crippen molar-refractivity contribution < 1.29 is 4.79 Å². The van der Waals surface area contributed by atoms with Crippen LogP contribution in [0, 0.1) is 6.92 Å². The van der Waals surface area contributed by atoms with E-state index >= 15 is 0 Å². The largest absolute Gasteiger partial charge is 0.348 e.